The highest BCUT2D eigenvalue weighted by atomic mass is 16.5. The van der Waals surface area contributed by atoms with Crippen LogP contribution in [0.25, 0.3) is 5.69 Å². The fourth-order valence-electron chi connectivity index (χ4n) is 4.45. The number of benzene rings is 1. The fourth-order valence-corrected chi connectivity index (χ4v) is 4.45. The van der Waals surface area contributed by atoms with Gasteiger partial charge in [0.25, 0.3) is 11.8 Å². The van der Waals surface area contributed by atoms with Crippen LogP contribution < -0.4 is 10.5 Å². The molecule has 1 saturated heterocycles. The standard InChI is InChI=1S/C26H29N5O4/c1-4-18(30-15-6-5-7-22(30)32)9-8-17(2)29-16-14-21-23(25(27)33)28-31(24(21)26(29)34)19-10-12-20(35-3)13-11-19/h4,8-13H,1,5-7,14-16H2,2-3H3,(H2,27,33). The van der Waals surface area contributed by atoms with E-state index < -0.39 is 5.91 Å². The number of hydrogen-bond donors (Lipinski definition) is 1. The smallest absolute Gasteiger partial charge is 0.277 e. The van der Waals surface area contributed by atoms with Gasteiger partial charge in [-0.1, -0.05) is 6.58 Å². The largest absolute Gasteiger partial charge is 0.497 e. The Labute approximate surface area is 204 Å². The number of rotatable bonds is 7. The lowest BCUT2D eigenvalue weighted by Gasteiger charge is -2.29. The lowest BCUT2D eigenvalue weighted by Crippen LogP contribution is -2.37. The van der Waals surface area contributed by atoms with Gasteiger partial charge in [0, 0.05) is 36.5 Å². The monoisotopic (exact) mass is 475 g/mol. The molecular formula is C26H29N5O4. The molecule has 35 heavy (non-hydrogen) atoms. The highest BCUT2D eigenvalue weighted by Gasteiger charge is 2.34. The Balaban J connectivity index is 1.68. The SMILES string of the molecule is C=CC(=CC=C(C)N1CCc2c(C(N)=O)nn(-c3ccc(OC)cc3)c2C1=O)N1CCCCC1=O. The van der Waals surface area contributed by atoms with Gasteiger partial charge < -0.3 is 20.3 Å². The van der Waals surface area contributed by atoms with Gasteiger partial charge in [-0.05, 0) is 68.7 Å². The van der Waals surface area contributed by atoms with Crippen LogP contribution in [-0.2, 0) is 11.2 Å². The topological polar surface area (TPSA) is 111 Å². The van der Waals surface area contributed by atoms with Gasteiger partial charge >= 0.3 is 0 Å². The second kappa shape index (κ2) is 10.0. The van der Waals surface area contributed by atoms with E-state index in [9.17, 15) is 14.4 Å². The molecule has 1 aromatic carbocycles. The van der Waals surface area contributed by atoms with Crippen molar-refractivity contribution in [2.45, 2.75) is 32.6 Å². The molecule has 182 valence electrons. The van der Waals surface area contributed by atoms with Crippen LogP contribution >= 0.6 is 0 Å². The van der Waals surface area contributed by atoms with E-state index >= 15 is 0 Å². The number of nitrogens with two attached hydrogens (primary N) is 1. The first-order chi connectivity index (χ1) is 16.8. The lowest BCUT2D eigenvalue weighted by molar-refractivity contribution is -0.130. The molecule has 0 radical (unpaired) electrons. The molecule has 0 unspecified atom stereocenters. The number of methoxy groups -OCH3 is 1. The number of aromatic nitrogens is 2. The normalized spacial score (nSPS) is 16.9. The number of allylic oxidation sites excluding steroid dienone is 4. The zero-order chi connectivity index (χ0) is 25.1. The van der Waals surface area contributed by atoms with Gasteiger partial charge in [-0.15, -0.1) is 0 Å². The van der Waals surface area contributed by atoms with Crippen molar-refractivity contribution in [3.05, 3.63) is 77.4 Å². The molecule has 1 fully saturated rings. The zero-order valence-corrected chi connectivity index (χ0v) is 20.0. The van der Waals surface area contributed by atoms with Crippen LogP contribution in [-0.4, -0.2) is 57.5 Å². The molecule has 0 spiro atoms. The molecular weight excluding hydrogens is 446 g/mol. The Morgan fingerprint density at radius 3 is 2.46 bits per heavy atom. The third-order valence-corrected chi connectivity index (χ3v) is 6.33. The predicted molar refractivity (Wildman–Crippen MR) is 131 cm³/mol. The summed E-state index contributed by atoms with van der Waals surface area (Å²) < 4.78 is 6.68. The van der Waals surface area contributed by atoms with E-state index in [1.54, 1.807) is 47.3 Å². The summed E-state index contributed by atoms with van der Waals surface area (Å²) in [5, 5.41) is 4.38. The highest BCUT2D eigenvalue weighted by Crippen LogP contribution is 2.28. The predicted octanol–water partition coefficient (Wildman–Crippen LogP) is 2.96. The maximum Gasteiger partial charge on any atom is 0.277 e. The third-order valence-electron chi connectivity index (χ3n) is 6.33. The van der Waals surface area contributed by atoms with Gasteiger partial charge in [0.1, 0.15) is 11.4 Å². The van der Waals surface area contributed by atoms with E-state index in [-0.39, 0.29) is 17.5 Å². The van der Waals surface area contributed by atoms with Gasteiger partial charge in [0.15, 0.2) is 5.69 Å². The van der Waals surface area contributed by atoms with Crippen molar-refractivity contribution in [1.82, 2.24) is 19.6 Å². The van der Waals surface area contributed by atoms with Gasteiger partial charge in [0.05, 0.1) is 12.8 Å². The molecule has 9 nitrogen and oxygen atoms in total. The van der Waals surface area contributed by atoms with E-state index in [0.717, 1.165) is 12.8 Å². The summed E-state index contributed by atoms with van der Waals surface area (Å²) in [5.74, 6) is -0.214. The second-order valence-corrected chi connectivity index (χ2v) is 8.46. The Hall–Kier alpha value is -4.14. The number of hydrogen-bond acceptors (Lipinski definition) is 5. The van der Waals surface area contributed by atoms with Crippen LogP contribution in [0.5, 0.6) is 5.75 Å². The molecule has 2 aliphatic rings. The van der Waals surface area contributed by atoms with E-state index in [1.807, 2.05) is 19.1 Å². The maximum atomic E-state index is 13.6. The molecule has 4 rings (SSSR count). The lowest BCUT2D eigenvalue weighted by atomic mass is 10.0. The van der Waals surface area contributed by atoms with Crippen molar-refractivity contribution in [3.63, 3.8) is 0 Å². The summed E-state index contributed by atoms with van der Waals surface area (Å²) in [6, 6.07) is 7.04. The van der Waals surface area contributed by atoms with Crippen LogP contribution in [0.3, 0.4) is 0 Å². The summed E-state index contributed by atoms with van der Waals surface area (Å²) >= 11 is 0. The Kier molecular flexibility index (Phi) is 6.86. The Morgan fingerprint density at radius 2 is 1.83 bits per heavy atom. The average Bonchev–Trinajstić information content (AvgIpc) is 3.26. The van der Waals surface area contributed by atoms with Crippen molar-refractivity contribution in [2.75, 3.05) is 20.2 Å². The maximum absolute atomic E-state index is 13.6. The molecule has 3 amide bonds. The summed E-state index contributed by atoms with van der Waals surface area (Å²) in [5.41, 5.74) is 8.55. The van der Waals surface area contributed by atoms with E-state index in [0.29, 0.717) is 60.0 Å². The molecule has 3 heterocycles. The van der Waals surface area contributed by atoms with Crippen LogP contribution in [0.1, 0.15) is 52.7 Å². The number of amides is 3. The van der Waals surface area contributed by atoms with Crippen LogP contribution in [0, 0.1) is 0 Å². The minimum atomic E-state index is -0.674. The number of primary amides is 1. The van der Waals surface area contributed by atoms with Crippen molar-refractivity contribution >= 4 is 17.7 Å². The number of ether oxygens (including phenoxy) is 1. The molecule has 0 atom stereocenters. The van der Waals surface area contributed by atoms with Crippen molar-refractivity contribution in [3.8, 4) is 11.4 Å². The number of likely N-dealkylation sites (tertiary alicyclic amines) is 1. The first kappa shape index (κ1) is 24.0. The van der Waals surface area contributed by atoms with Gasteiger partial charge in [0.2, 0.25) is 5.91 Å². The van der Waals surface area contributed by atoms with E-state index in [4.69, 9.17) is 10.5 Å². The molecule has 2 N–H and O–H groups in total. The summed E-state index contributed by atoms with van der Waals surface area (Å²) in [4.78, 5) is 41.4. The summed E-state index contributed by atoms with van der Waals surface area (Å²) in [7, 11) is 1.57. The van der Waals surface area contributed by atoms with E-state index in [2.05, 4.69) is 11.7 Å². The number of nitrogens with zero attached hydrogens (tertiary/aromatic N) is 4. The zero-order valence-electron chi connectivity index (χ0n) is 20.0. The van der Waals surface area contributed by atoms with Crippen LogP contribution in [0.15, 0.2) is 60.5 Å². The molecule has 9 heteroatoms. The number of fused-ring (bicyclic) bond motifs is 1. The van der Waals surface area contributed by atoms with Gasteiger partial charge in [-0.2, -0.15) is 5.10 Å². The van der Waals surface area contributed by atoms with Crippen molar-refractivity contribution in [2.24, 2.45) is 5.73 Å². The average molecular weight is 476 g/mol. The summed E-state index contributed by atoms with van der Waals surface area (Å²) in [6.45, 7) is 6.72. The highest BCUT2D eigenvalue weighted by molar-refractivity contribution is 6.01. The molecule has 0 aliphatic carbocycles. The quantitative estimate of drug-likeness (QED) is 0.619. The Bertz CT molecular complexity index is 1240. The number of carbonyl (C=O) groups excluding carboxylic acids is 3. The van der Waals surface area contributed by atoms with Gasteiger partial charge in [-0.25, -0.2) is 4.68 Å². The minimum Gasteiger partial charge on any atom is -0.497 e. The number of carbonyl (C=O) groups is 3. The van der Waals surface area contributed by atoms with Crippen molar-refractivity contribution < 1.29 is 19.1 Å². The third kappa shape index (κ3) is 4.62. The second-order valence-electron chi connectivity index (χ2n) is 8.46. The van der Waals surface area contributed by atoms with Crippen LogP contribution in [0.4, 0.5) is 0 Å². The first-order valence-electron chi connectivity index (χ1n) is 11.5. The molecule has 1 aromatic heterocycles. The van der Waals surface area contributed by atoms with Gasteiger partial charge in [-0.3, -0.25) is 14.4 Å². The molecule has 2 aromatic rings. The van der Waals surface area contributed by atoms with E-state index in [1.165, 1.54) is 4.68 Å². The van der Waals surface area contributed by atoms with Crippen LogP contribution in [0.2, 0.25) is 0 Å². The summed E-state index contributed by atoms with van der Waals surface area (Å²) in [6.07, 6.45) is 8.08. The molecule has 0 saturated carbocycles. The first-order valence-corrected chi connectivity index (χ1v) is 11.5. The Morgan fingerprint density at radius 1 is 1.09 bits per heavy atom. The molecule has 2 aliphatic heterocycles. The minimum absolute atomic E-state index is 0.0783. The number of piperidine rings is 1. The molecule has 0 bridgehead atoms. The van der Waals surface area contributed by atoms with Crippen molar-refractivity contribution in [1.29, 1.82) is 0 Å². The fraction of sp³-hybridized carbons (Fsp3) is 0.308.